The van der Waals surface area contributed by atoms with Crippen LogP contribution in [0.2, 0.25) is 0 Å². The van der Waals surface area contributed by atoms with Gasteiger partial charge in [0.05, 0.1) is 19.0 Å². The minimum Gasteiger partial charge on any atom is -0.467 e. The molecule has 0 saturated heterocycles. The van der Waals surface area contributed by atoms with Crippen LogP contribution in [0, 0.1) is 6.92 Å². The Morgan fingerprint density at radius 1 is 1.08 bits per heavy atom. The van der Waals surface area contributed by atoms with Crippen molar-refractivity contribution in [1.82, 2.24) is 4.90 Å². The second kappa shape index (κ2) is 9.69. The summed E-state index contributed by atoms with van der Waals surface area (Å²) in [4.78, 5) is 4.88. The van der Waals surface area contributed by atoms with Gasteiger partial charge in [-0.3, -0.25) is 4.90 Å². The predicted octanol–water partition coefficient (Wildman–Crippen LogP) is 4.23. The van der Waals surface area contributed by atoms with Crippen molar-refractivity contribution in [2.75, 3.05) is 13.2 Å². The zero-order valence-corrected chi connectivity index (χ0v) is 15.8. The molecule has 0 radical (unpaired) electrons. The van der Waals surface area contributed by atoms with Gasteiger partial charge in [0.1, 0.15) is 12.4 Å². The third kappa shape index (κ3) is 6.11. The molecule has 3 aromatic rings. The Morgan fingerprint density at radius 3 is 2.62 bits per heavy atom. The molecule has 1 N–H and O–H groups in total. The molecule has 0 unspecified atom stereocenters. The number of furan rings is 1. The first-order valence-corrected chi connectivity index (χ1v) is 9.60. The number of thiophene rings is 1. The number of aryl methyl sites for hydroxylation is 1. The summed E-state index contributed by atoms with van der Waals surface area (Å²) in [5.41, 5.74) is 1.24. The molecule has 2 heterocycles. The average Bonchev–Trinajstić information content (AvgIpc) is 3.27. The average molecular weight is 372 g/mol. The van der Waals surface area contributed by atoms with Crippen LogP contribution in [0.15, 0.2) is 65.3 Å². The SMILES string of the molecule is Cc1ccc(CN(Cc2ccccc2)C[C@H](O)COCc2ccco2)s1. The van der Waals surface area contributed by atoms with Gasteiger partial charge in [-0.1, -0.05) is 30.3 Å². The Kier molecular flexibility index (Phi) is 7.03. The topological polar surface area (TPSA) is 45.8 Å². The van der Waals surface area contributed by atoms with Crippen molar-refractivity contribution >= 4 is 11.3 Å². The van der Waals surface area contributed by atoms with Crippen LogP contribution < -0.4 is 0 Å². The van der Waals surface area contributed by atoms with Gasteiger partial charge in [-0.15, -0.1) is 11.3 Å². The van der Waals surface area contributed by atoms with E-state index in [2.05, 4.69) is 36.1 Å². The normalized spacial score (nSPS) is 12.6. The second-order valence-electron chi connectivity index (χ2n) is 6.42. The van der Waals surface area contributed by atoms with Gasteiger partial charge in [0.15, 0.2) is 0 Å². The minimum atomic E-state index is -0.547. The highest BCUT2D eigenvalue weighted by atomic mass is 32.1. The number of benzene rings is 1. The number of hydrogen-bond donors (Lipinski definition) is 1. The van der Waals surface area contributed by atoms with E-state index < -0.39 is 6.10 Å². The van der Waals surface area contributed by atoms with Crippen LogP contribution in [-0.2, 0) is 24.4 Å². The lowest BCUT2D eigenvalue weighted by atomic mass is 10.2. The molecule has 0 spiro atoms. The number of hydrogen-bond acceptors (Lipinski definition) is 5. The monoisotopic (exact) mass is 371 g/mol. The first-order chi connectivity index (χ1) is 12.7. The Hall–Kier alpha value is -1.92. The van der Waals surface area contributed by atoms with Crippen LogP contribution in [0.5, 0.6) is 0 Å². The van der Waals surface area contributed by atoms with Gasteiger partial charge in [0.25, 0.3) is 0 Å². The quantitative estimate of drug-likeness (QED) is 0.579. The van der Waals surface area contributed by atoms with Crippen LogP contribution in [0.3, 0.4) is 0 Å². The Labute approximate surface area is 158 Å². The fourth-order valence-corrected chi connectivity index (χ4v) is 3.79. The van der Waals surface area contributed by atoms with Crippen molar-refractivity contribution in [2.45, 2.75) is 32.7 Å². The highest BCUT2D eigenvalue weighted by Crippen LogP contribution is 2.19. The van der Waals surface area contributed by atoms with E-state index in [0.717, 1.165) is 18.8 Å². The van der Waals surface area contributed by atoms with Gasteiger partial charge < -0.3 is 14.3 Å². The lowest BCUT2D eigenvalue weighted by molar-refractivity contribution is 0.00268. The third-order valence-corrected chi connectivity index (χ3v) is 5.01. The molecule has 0 aliphatic heterocycles. The summed E-state index contributed by atoms with van der Waals surface area (Å²) in [7, 11) is 0. The summed E-state index contributed by atoms with van der Waals surface area (Å²) in [6.45, 7) is 4.97. The van der Waals surface area contributed by atoms with Crippen molar-refractivity contribution in [2.24, 2.45) is 0 Å². The Balaban J connectivity index is 1.54. The molecule has 2 aromatic heterocycles. The highest BCUT2D eigenvalue weighted by molar-refractivity contribution is 7.11. The molecular formula is C21H25NO3S. The molecule has 0 saturated carbocycles. The summed E-state index contributed by atoms with van der Waals surface area (Å²) < 4.78 is 10.8. The summed E-state index contributed by atoms with van der Waals surface area (Å²) in [5, 5.41) is 10.4. The van der Waals surface area contributed by atoms with E-state index in [9.17, 15) is 5.11 Å². The first kappa shape index (κ1) is 18.9. The lowest BCUT2D eigenvalue weighted by Gasteiger charge is -2.24. The smallest absolute Gasteiger partial charge is 0.129 e. The molecule has 1 atom stereocenters. The van der Waals surface area contributed by atoms with Crippen LogP contribution in [-0.4, -0.2) is 29.3 Å². The van der Waals surface area contributed by atoms with Crippen LogP contribution in [0.4, 0.5) is 0 Å². The van der Waals surface area contributed by atoms with E-state index in [0.29, 0.717) is 13.2 Å². The number of rotatable bonds is 10. The van der Waals surface area contributed by atoms with Crippen LogP contribution >= 0.6 is 11.3 Å². The molecule has 26 heavy (non-hydrogen) atoms. The number of ether oxygens (including phenoxy) is 1. The summed E-state index contributed by atoms with van der Waals surface area (Å²) in [6.07, 6.45) is 1.08. The standard InChI is InChI=1S/C21H25NO3S/c1-17-9-10-21(26-17)14-22(12-18-6-3-2-4-7-18)13-19(23)15-24-16-20-8-5-11-25-20/h2-11,19,23H,12-16H2,1H3/t19-/m0/s1. The third-order valence-electron chi connectivity index (χ3n) is 4.03. The summed E-state index contributed by atoms with van der Waals surface area (Å²) >= 11 is 1.80. The van der Waals surface area contributed by atoms with Gasteiger partial charge in [-0.2, -0.15) is 0 Å². The molecule has 138 valence electrons. The maximum atomic E-state index is 10.4. The largest absolute Gasteiger partial charge is 0.467 e. The zero-order valence-electron chi connectivity index (χ0n) is 15.0. The zero-order chi connectivity index (χ0) is 18.2. The number of aliphatic hydroxyl groups is 1. The van der Waals surface area contributed by atoms with E-state index in [-0.39, 0.29) is 6.61 Å². The minimum absolute atomic E-state index is 0.287. The summed E-state index contributed by atoms with van der Waals surface area (Å²) in [5.74, 6) is 0.771. The van der Waals surface area contributed by atoms with Crippen molar-refractivity contribution in [1.29, 1.82) is 0 Å². The molecule has 0 fully saturated rings. The van der Waals surface area contributed by atoms with Crippen LogP contribution in [0.25, 0.3) is 0 Å². The van der Waals surface area contributed by atoms with Crippen LogP contribution in [0.1, 0.15) is 21.1 Å². The summed E-state index contributed by atoms with van der Waals surface area (Å²) in [6, 6.07) is 18.4. The lowest BCUT2D eigenvalue weighted by Crippen LogP contribution is -2.34. The molecule has 0 aliphatic rings. The van der Waals surface area contributed by atoms with Crippen molar-refractivity contribution in [3.8, 4) is 0 Å². The van der Waals surface area contributed by atoms with E-state index in [1.807, 2.05) is 30.3 Å². The molecule has 3 rings (SSSR count). The van der Waals surface area contributed by atoms with Gasteiger partial charge in [-0.25, -0.2) is 0 Å². The first-order valence-electron chi connectivity index (χ1n) is 8.79. The van der Waals surface area contributed by atoms with Crippen molar-refractivity contribution in [3.63, 3.8) is 0 Å². The fourth-order valence-electron chi connectivity index (χ4n) is 2.86. The molecular weight excluding hydrogens is 346 g/mol. The molecule has 0 bridgehead atoms. The van der Waals surface area contributed by atoms with Gasteiger partial charge in [0.2, 0.25) is 0 Å². The Morgan fingerprint density at radius 2 is 1.92 bits per heavy atom. The highest BCUT2D eigenvalue weighted by Gasteiger charge is 2.14. The van der Waals surface area contributed by atoms with Gasteiger partial charge in [0, 0.05) is 29.4 Å². The van der Waals surface area contributed by atoms with E-state index >= 15 is 0 Å². The number of nitrogens with zero attached hydrogens (tertiary/aromatic N) is 1. The Bertz CT molecular complexity index is 755. The molecule has 5 heteroatoms. The van der Waals surface area contributed by atoms with E-state index in [1.54, 1.807) is 17.6 Å². The second-order valence-corrected chi connectivity index (χ2v) is 7.79. The van der Waals surface area contributed by atoms with Crippen molar-refractivity contribution in [3.05, 3.63) is 81.9 Å². The maximum absolute atomic E-state index is 10.4. The van der Waals surface area contributed by atoms with E-state index in [4.69, 9.17) is 9.15 Å². The maximum Gasteiger partial charge on any atom is 0.129 e. The predicted molar refractivity (Wildman–Crippen MR) is 104 cm³/mol. The number of aliphatic hydroxyl groups excluding tert-OH is 1. The van der Waals surface area contributed by atoms with E-state index in [1.165, 1.54) is 15.3 Å². The van der Waals surface area contributed by atoms with Crippen molar-refractivity contribution < 1.29 is 14.3 Å². The molecule has 4 nitrogen and oxygen atoms in total. The van der Waals surface area contributed by atoms with Gasteiger partial charge in [-0.05, 0) is 36.8 Å². The molecule has 0 amide bonds. The van der Waals surface area contributed by atoms with Gasteiger partial charge >= 0.3 is 0 Å². The fraction of sp³-hybridized carbons (Fsp3) is 0.333. The molecule has 1 aromatic carbocycles. The molecule has 0 aliphatic carbocycles.